The molecule has 2 aliphatic heterocycles. The Labute approximate surface area is 441 Å². The van der Waals surface area contributed by atoms with E-state index in [4.69, 9.17) is 9.47 Å². The van der Waals surface area contributed by atoms with E-state index in [1.165, 1.54) is 0 Å². The number of carboxylic acids is 1. The molecule has 0 unspecified atom stereocenters. The normalized spacial score (nSPS) is 33.2. The average Bonchev–Trinajstić information content (AvgIpc) is 3.95. The molecule has 16 heteroatoms. The van der Waals surface area contributed by atoms with Crippen LogP contribution in [0.15, 0.2) is 96.6 Å². The van der Waals surface area contributed by atoms with Gasteiger partial charge in [-0.3, -0.25) is 33.6 Å². The average molecular weight is 1030 g/mol. The predicted molar refractivity (Wildman–Crippen MR) is 275 cm³/mol. The van der Waals surface area contributed by atoms with Crippen molar-refractivity contribution in [2.75, 3.05) is 18.1 Å². The highest BCUT2D eigenvalue weighted by Crippen LogP contribution is 2.71. The highest BCUT2D eigenvalue weighted by Gasteiger charge is 2.76. The lowest BCUT2D eigenvalue weighted by molar-refractivity contribution is -0.201. The molecule has 6 saturated carbocycles. The number of ketones is 2. The Morgan fingerprint density at radius 3 is 2.37 bits per heavy atom. The van der Waals surface area contributed by atoms with Gasteiger partial charge in [0.25, 0.3) is 0 Å². The number of hydrogen-bond acceptors (Lipinski definition) is 11. The van der Waals surface area contributed by atoms with E-state index >= 15 is 0 Å². The number of nitrogens with one attached hydrogen (secondary N) is 3. The fourth-order valence-corrected chi connectivity index (χ4v) is 15.3. The number of carboxylic acid groups (broad SMARTS) is 1. The Bertz CT molecular complexity index is 3040. The summed E-state index contributed by atoms with van der Waals surface area (Å²) >= 11 is 0. The van der Waals surface area contributed by atoms with Crippen molar-refractivity contribution < 1.29 is 58.4 Å². The second kappa shape index (κ2) is 19.4. The minimum Gasteiger partial charge on any atom is -0.481 e. The highest BCUT2D eigenvalue weighted by molar-refractivity contribution is 6.01. The number of allylic oxidation sites excluding steroid dienone is 4. The van der Waals surface area contributed by atoms with E-state index in [1.807, 2.05) is 85.8 Å². The molecule has 3 aromatic carbocycles. The number of hydrogen-bond donors (Lipinski definition) is 6. The Morgan fingerprint density at radius 2 is 1.62 bits per heavy atom. The smallest absolute Gasteiger partial charge is 0.303 e. The van der Waals surface area contributed by atoms with Crippen molar-refractivity contribution in [3.8, 4) is 11.8 Å². The van der Waals surface area contributed by atoms with Gasteiger partial charge >= 0.3 is 5.97 Å². The Morgan fingerprint density at radius 1 is 0.895 bits per heavy atom. The molecule has 12 rings (SSSR count). The molecule has 6 N–H and O–H groups in total. The molecule has 2 bridgehead atoms. The van der Waals surface area contributed by atoms with Gasteiger partial charge in [-0.1, -0.05) is 91.9 Å². The molecule has 9 aliphatic rings. The van der Waals surface area contributed by atoms with Crippen molar-refractivity contribution in [2.24, 2.45) is 34.0 Å². The summed E-state index contributed by atoms with van der Waals surface area (Å²) in [5.74, 6) is 2.63. The summed E-state index contributed by atoms with van der Waals surface area (Å²) in [6, 6.07) is 21.6. The number of carbonyl (C=O) groups is 7. The number of rotatable bonds is 16. The summed E-state index contributed by atoms with van der Waals surface area (Å²) in [6.45, 7) is 3.20. The van der Waals surface area contributed by atoms with Gasteiger partial charge in [0.2, 0.25) is 23.6 Å². The van der Waals surface area contributed by atoms with Crippen molar-refractivity contribution >= 4 is 46.9 Å². The van der Waals surface area contributed by atoms with Crippen LogP contribution in [0.25, 0.3) is 0 Å². The first-order valence-corrected chi connectivity index (χ1v) is 26.6. The number of benzene rings is 3. The minimum atomic E-state index is -1.46. The molecular formula is C60H64N4O12. The van der Waals surface area contributed by atoms with Crippen LogP contribution < -0.4 is 20.9 Å². The summed E-state index contributed by atoms with van der Waals surface area (Å²) in [4.78, 5) is 92.9. The molecular weight excluding hydrogens is 969 g/mol. The Balaban J connectivity index is 0.666. The molecule has 3 aromatic rings. The highest BCUT2D eigenvalue weighted by atomic mass is 16.7. The van der Waals surface area contributed by atoms with Gasteiger partial charge in [0.1, 0.15) is 12.6 Å². The van der Waals surface area contributed by atoms with Crippen LogP contribution in [0.5, 0.6) is 0 Å². The zero-order chi connectivity index (χ0) is 53.4. The lowest BCUT2D eigenvalue weighted by atomic mass is 9.38. The van der Waals surface area contributed by atoms with Gasteiger partial charge in [0.15, 0.2) is 23.5 Å². The molecule has 1 saturated heterocycles. The number of amides is 4. The molecule has 2 heterocycles. The largest absolute Gasteiger partial charge is 0.481 e. The van der Waals surface area contributed by atoms with Crippen LogP contribution in [0, 0.1) is 45.8 Å². The molecule has 0 radical (unpaired) electrons. The van der Waals surface area contributed by atoms with Gasteiger partial charge in [0, 0.05) is 58.2 Å². The fourth-order valence-electron chi connectivity index (χ4n) is 15.3. The minimum absolute atomic E-state index is 0.0172. The van der Waals surface area contributed by atoms with E-state index in [0.717, 1.165) is 47.1 Å². The Kier molecular flexibility index (Phi) is 13.1. The van der Waals surface area contributed by atoms with Crippen LogP contribution in [0.4, 0.5) is 5.69 Å². The van der Waals surface area contributed by atoms with Crippen LogP contribution in [-0.4, -0.2) is 99.0 Å². The molecule has 396 valence electrons. The summed E-state index contributed by atoms with van der Waals surface area (Å²) in [5, 5.41) is 40.1. The monoisotopic (exact) mass is 1030 g/mol. The van der Waals surface area contributed by atoms with Crippen molar-refractivity contribution in [3.05, 3.63) is 124 Å². The summed E-state index contributed by atoms with van der Waals surface area (Å²) in [5.41, 5.74) is 2.57. The number of aliphatic hydroxyl groups excluding tert-OH is 2. The van der Waals surface area contributed by atoms with Crippen LogP contribution in [0.3, 0.4) is 0 Å². The fraction of sp³-hybridized carbons (Fsp3) is 0.483. The maximum atomic E-state index is 14.0. The topological polar surface area (TPSA) is 238 Å². The predicted octanol–water partition coefficient (Wildman–Crippen LogP) is 5.06. The quantitative estimate of drug-likeness (QED) is 0.103. The van der Waals surface area contributed by atoms with Crippen LogP contribution >= 0.6 is 0 Å². The molecule has 7 aliphatic carbocycles. The van der Waals surface area contributed by atoms with Gasteiger partial charge in [0.05, 0.1) is 31.0 Å². The standard InChI is InChI=1S/C60H64N4O12/c1-56-24-23-41(66)25-40(56)17-18-42-43-26-48-60(47(68)31-65,57(43,2)28-46(67)53(42)56)76-55(75-48)38-13-11-35(12-14-38)27-58-32-59(33-58,34-58)63-54(74)44(19-22-52(72)73)62-50(70)29-61-49(69)20-21-51(71)64-30-39-9-4-3-7-36(39)15-16-37-8-5-6-10-45(37)64/h3-14,23-25,42-44,46,48,53,55,65,67H,17-22,26-34H2,1-2H3,(H,61,69)(H,62,70)(H,63,74)(H,72,73)/t42-,43-,44-,46-,48+,53+,55-,56-,57-,58?,59?,60+/m0/s1. The summed E-state index contributed by atoms with van der Waals surface area (Å²) in [6.07, 6.45) is 7.35. The number of aliphatic carboxylic acids is 1. The number of Topliss-reactive ketones (excluding diaryl/α,β-unsaturated/α-hetero) is 1. The van der Waals surface area contributed by atoms with Crippen molar-refractivity contribution in [3.63, 3.8) is 0 Å². The summed E-state index contributed by atoms with van der Waals surface area (Å²) < 4.78 is 13.5. The molecule has 4 amide bonds. The zero-order valence-corrected chi connectivity index (χ0v) is 42.8. The van der Waals surface area contributed by atoms with Gasteiger partial charge in [-0.25, -0.2) is 0 Å². The van der Waals surface area contributed by atoms with E-state index < -0.39 is 89.1 Å². The number of nitrogens with zero attached hydrogens (tertiary/aromatic N) is 1. The second-order valence-electron chi connectivity index (χ2n) is 23.3. The molecule has 10 atom stereocenters. The van der Waals surface area contributed by atoms with Gasteiger partial charge < -0.3 is 45.6 Å². The first kappa shape index (κ1) is 51.3. The summed E-state index contributed by atoms with van der Waals surface area (Å²) in [7, 11) is 0. The van der Waals surface area contributed by atoms with Gasteiger partial charge in [-0.2, -0.15) is 0 Å². The third-order valence-electron chi connectivity index (χ3n) is 18.6. The van der Waals surface area contributed by atoms with Crippen molar-refractivity contribution in [1.29, 1.82) is 0 Å². The molecule has 0 aromatic heterocycles. The second-order valence-corrected chi connectivity index (χ2v) is 23.3. The number of ether oxygens (including phenoxy) is 2. The van der Waals surface area contributed by atoms with E-state index in [2.05, 4.69) is 34.7 Å². The first-order valence-electron chi connectivity index (χ1n) is 26.6. The molecule has 7 fully saturated rings. The first-order chi connectivity index (χ1) is 36.4. The molecule has 0 spiro atoms. The SMILES string of the molecule is C[C@]12C=CC(=O)C=C1CC[C@@H]1[C@@H]2[C@@H](O)C[C@@]2(C)[C@H]1C[C@H]1O[C@H](c3ccc(CC45CC(NC(=O)[C@H](CCC(=O)O)NC(=O)CNC(=O)CCC(=O)N6Cc7ccccc7C#Cc7ccccc76)(C4)C5)cc3)O[C@]12C(=O)CO. The number of aliphatic hydroxyl groups is 2. The van der Waals surface area contributed by atoms with Crippen molar-refractivity contribution in [2.45, 2.75) is 133 Å². The number of anilines is 1. The maximum Gasteiger partial charge on any atom is 0.303 e. The zero-order valence-electron chi connectivity index (χ0n) is 42.8. The Hall–Kier alpha value is -6.77. The van der Waals surface area contributed by atoms with E-state index in [9.17, 15) is 48.9 Å². The third-order valence-corrected chi connectivity index (χ3v) is 18.6. The lowest BCUT2D eigenvalue weighted by Crippen LogP contribution is -2.76. The number of carbonyl (C=O) groups excluding carboxylic acids is 6. The van der Waals surface area contributed by atoms with E-state index in [1.54, 1.807) is 17.1 Å². The molecule has 76 heavy (non-hydrogen) atoms. The van der Waals surface area contributed by atoms with Gasteiger partial charge in [-0.05, 0) is 117 Å². The third kappa shape index (κ3) is 8.78. The van der Waals surface area contributed by atoms with Crippen LogP contribution in [-0.2, 0) is 56.0 Å². The maximum absolute atomic E-state index is 14.0. The van der Waals surface area contributed by atoms with Crippen LogP contribution in [0.1, 0.15) is 119 Å². The van der Waals surface area contributed by atoms with Crippen molar-refractivity contribution in [1.82, 2.24) is 16.0 Å². The lowest BCUT2D eigenvalue weighted by Gasteiger charge is -2.71. The van der Waals surface area contributed by atoms with Gasteiger partial charge in [-0.15, -0.1) is 0 Å². The number of fused-ring (bicyclic) bond motifs is 9. The number of para-hydroxylation sites is 1. The van der Waals surface area contributed by atoms with E-state index in [-0.39, 0.29) is 73.5 Å². The van der Waals surface area contributed by atoms with E-state index in [0.29, 0.717) is 36.9 Å². The van der Waals surface area contributed by atoms with Crippen LogP contribution in [0.2, 0.25) is 0 Å². The molecule has 16 nitrogen and oxygen atoms in total.